The van der Waals surface area contributed by atoms with E-state index in [1.165, 1.54) is 42.5 Å². The van der Waals surface area contributed by atoms with Crippen molar-refractivity contribution in [3.63, 3.8) is 0 Å². The molecule has 29 heavy (non-hydrogen) atoms. The molecule has 152 valence electrons. The molecule has 3 aromatic carbocycles. The fraction of sp³-hybridized carbons (Fsp3) is 0.0526. The molecule has 0 aliphatic heterocycles. The van der Waals surface area contributed by atoms with E-state index in [-0.39, 0.29) is 37.5 Å². The summed E-state index contributed by atoms with van der Waals surface area (Å²) in [7, 11) is -5.08. The molecule has 0 aliphatic carbocycles. The van der Waals surface area contributed by atoms with Crippen LogP contribution in [0.25, 0.3) is 0 Å². The van der Waals surface area contributed by atoms with E-state index in [1.807, 2.05) is 0 Å². The Kier molecular flexibility index (Phi) is 5.98. The SMILES string of the molecule is O=S(=O)(O)C(c1ccc(Cl)cc1)(c1cc(O)cc(Cl)c1)c1cc(Cl)cc(Cl)c1O. The average Bonchev–Trinajstić information content (AvgIpc) is 2.59. The van der Waals surface area contributed by atoms with Gasteiger partial charge in [0.2, 0.25) is 0 Å². The van der Waals surface area contributed by atoms with Crippen molar-refractivity contribution in [1.82, 2.24) is 0 Å². The summed E-state index contributed by atoms with van der Waals surface area (Å²) >= 11 is 24.1. The summed E-state index contributed by atoms with van der Waals surface area (Å²) in [4.78, 5) is 0. The van der Waals surface area contributed by atoms with Gasteiger partial charge in [0.1, 0.15) is 11.5 Å². The number of benzene rings is 3. The Morgan fingerprint density at radius 3 is 1.86 bits per heavy atom. The lowest BCUT2D eigenvalue weighted by Gasteiger charge is -2.33. The van der Waals surface area contributed by atoms with E-state index in [0.717, 1.165) is 12.1 Å². The van der Waals surface area contributed by atoms with Crippen LogP contribution in [0.4, 0.5) is 0 Å². The van der Waals surface area contributed by atoms with Gasteiger partial charge in [-0.3, -0.25) is 4.55 Å². The van der Waals surface area contributed by atoms with Crippen molar-refractivity contribution in [2.75, 3.05) is 0 Å². The van der Waals surface area contributed by atoms with Crippen LogP contribution in [0.2, 0.25) is 20.1 Å². The van der Waals surface area contributed by atoms with E-state index < -0.39 is 20.6 Å². The molecule has 0 spiro atoms. The molecule has 0 radical (unpaired) electrons. The highest BCUT2D eigenvalue weighted by atomic mass is 35.5. The second kappa shape index (κ2) is 7.87. The van der Waals surface area contributed by atoms with Gasteiger partial charge in [-0.25, -0.2) is 0 Å². The zero-order valence-electron chi connectivity index (χ0n) is 14.3. The monoisotopic (exact) mass is 492 g/mol. The molecule has 0 amide bonds. The van der Waals surface area contributed by atoms with Crippen LogP contribution < -0.4 is 0 Å². The molecular weight excluding hydrogens is 482 g/mol. The second-order valence-corrected chi connectivity index (χ2v) is 9.42. The largest absolute Gasteiger partial charge is 0.508 e. The highest BCUT2D eigenvalue weighted by Gasteiger charge is 2.51. The number of phenols is 2. The summed E-state index contributed by atoms with van der Waals surface area (Å²) in [6, 6.07) is 11.4. The van der Waals surface area contributed by atoms with Gasteiger partial charge in [0.15, 0.2) is 4.75 Å². The van der Waals surface area contributed by atoms with Gasteiger partial charge in [0.05, 0.1) is 5.02 Å². The highest BCUT2D eigenvalue weighted by molar-refractivity contribution is 7.87. The standard InChI is InChI=1S/C19H12Cl4O5S/c20-12-3-1-10(2-4-12)19(29(26,27)28,11-5-13(21)7-15(24)6-11)16-8-14(22)9-17(23)18(16)25/h1-9,24-25H,(H,26,27,28). The Morgan fingerprint density at radius 2 is 1.31 bits per heavy atom. The maximum atomic E-state index is 12.9. The topological polar surface area (TPSA) is 94.8 Å². The van der Waals surface area contributed by atoms with E-state index in [4.69, 9.17) is 46.4 Å². The number of phenolic OH excluding ortho intramolecular Hbond substituents is 2. The van der Waals surface area contributed by atoms with Crippen LogP contribution in [0.1, 0.15) is 16.7 Å². The van der Waals surface area contributed by atoms with Crippen LogP contribution in [0.5, 0.6) is 11.5 Å². The van der Waals surface area contributed by atoms with Gasteiger partial charge in [-0.05, 0) is 53.6 Å². The van der Waals surface area contributed by atoms with Crippen molar-refractivity contribution in [1.29, 1.82) is 0 Å². The molecule has 0 saturated heterocycles. The lowest BCUT2D eigenvalue weighted by atomic mass is 9.83. The van der Waals surface area contributed by atoms with Gasteiger partial charge in [-0.1, -0.05) is 58.5 Å². The van der Waals surface area contributed by atoms with Crippen molar-refractivity contribution < 1.29 is 23.2 Å². The third-order valence-corrected chi connectivity index (χ3v) is 6.78. The minimum atomic E-state index is -5.08. The Morgan fingerprint density at radius 1 is 0.724 bits per heavy atom. The molecule has 1 atom stereocenters. The average molecular weight is 494 g/mol. The zero-order chi connectivity index (χ0) is 21.6. The minimum absolute atomic E-state index is 0.000278. The number of hydrogen-bond donors (Lipinski definition) is 3. The van der Waals surface area contributed by atoms with Crippen molar-refractivity contribution in [2.45, 2.75) is 4.75 Å². The van der Waals surface area contributed by atoms with Crippen molar-refractivity contribution >= 4 is 56.5 Å². The summed E-state index contributed by atoms with van der Waals surface area (Å²) in [6.45, 7) is 0. The summed E-state index contributed by atoms with van der Waals surface area (Å²) in [5.41, 5.74) is -0.484. The van der Waals surface area contributed by atoms with E-state index in [2.05, 4.69) is 0 Å². The molecule has 0 saturated carbocycles. The van der Waals surface area contributed by atoms with Crippen LogP contribution in [-0.4, -0.2) is 23.2 Å². The van der Waals surface area contributed by atoms with E-state index >= 15 is 0 Å². The van der Waals surface area contributed by atoms with Crippen LogP contribution in [0, 0.1) is 0 Å². The van der Waals surface area contributed by atoms with Crippen molar-refractivity contribution in [3.8, 4) is 11.5 Å². The van der Waals surface area contributed by atoms with Gasteiger partial charge in [-0.15, -0.1) is 0 Å². The molecule has 0 aromatic heterocycles. The predicted octanol–water partition coefficient (Wildman–Crippen LogP) is 5.89. The maximum absolute atomic E-state index is 12.9. The van der Waals surface area contributed by atoms with Crippen LogP contribution >= 0.6 is 46.4 Å². The first kappa shape index (κ1) is 22.0. The minimum Gasteiger partial charge on any atom is -0.508 e. The van der Waals surface area contributed by atoms with Crippen molar-refractivity contribution in [2.24, 2.45) is 0 Å². The highest BCUT2D eigenvalue weighted by Crippen LogP contribution is 2.50. The number of hydrogen-bond acceptors (Lipinski definition) is 4. The van der Waals surface area contributed by atoms with E-state index in [0.29, 0.717) is 5.02 Å². The Hall–Kier alpha value is -1.67. The molecule has 0 bridgehead atoms. The lowest BCUT2D eigenvalue weighted by Crippen LogP contribution is -2.38. The summed E-state index contributed by atoms with van der Waals surface area (Å²) in [5.74, 6) is -0.981. The first-order valence-corrected chi connectivity index (χ1v) is 10.8. The van der Waals surface area contributed by atoms with E-state index in [9.17, 15) is 23.2 Å². The molecule has 3 aromatic rings. The first-order chi connectivity index (χ1) is 13.5. The number of halogens is 4. The van der Waals surface area contributed by atoms with Crippen LogP contribution in [0.15, 0.2) is 54.6 Å². The molecule has 5 nitrogen and oxygen atoms in total. The lowest BCUT2D eigenvalue weighted by molar-refractivity contribution is 0.439. The molecule has 0 heterocycles. The fourth-order valence-electron chi connectivity index (χ4n) is 3.21. The molecule has 3 N–H and O–H groups in total. The first-order valence-electron chi connectivity index (χ1n) is 7.88. The predicted molar refractivity (Wildman–Crippen MR) is 114 cm³/mol. The summed E-state index contributed by atoms with van der Waals surface area (Å²) in [6.07, 6.45) is 0. The molecule has 10 heteroatoms. The number of rotatable bonds is 4. The van der Waals surface area contributed by atoms with E-state index in [1.54, 1.807) is 0 Å². The van der Waals surface area contributed by atoms with Crippen molar-refractivity contribution in [3.05, 3.63) is 91.4 Å². The quantitative estimate of drug-likeness (QED) is 0.311. The van der Waals surface area contributed by atoms with Gasteiger partial charge in [-0.2, -0.15) is 8.42 Å². The molecular formula is C19H12Cl4O5S. The molecule has 1 unspecified atom stereocenters. The third kappa shape index (κ3) is 3.89. The fourth-order valence-corrected chi connectivity index (χ4v) is 5.34. The Labute approximate surface area is 186 Å². The molecule has 0 aliphatic rings. The molecule has 3 rings (SSSR count). The van der Waals surface area contributed by atoms with Gasteiger partial charge in [0, 0.05) is 20.6 Å². The van der Waals surface area contributed by atoms with Crippen LogP contribution in [0.3, 0.4) is 0 Å². The summed E-state index contributed by atoms with van der Waals surface area (Å²) in [5, 5.41) is 20.8. The normalized spacial score (nSPS) is 13.8. The van der Waals surface area contributed by atoms with Gasteiger partial charge in [0.25, 0.3) is 10.1 Å². The Balaban J connectivity index is 2.60. The van der Waals surface area contributed by atoms with Gasteiger partial charge >= 0.3 is 0 Å². The maximum Gasteiger partial charge on any atom is 0.283 e. The number of aromatic hydroxyl groups is 2. The smallest absolute Gasteiger partial charge is 0.283 e. The zero-order valence-corrected chi connectivity index (χ0v) is 18.1. The second-order valence-electron chi connectivity index (χ2n) is 6.15. The van der Waals surface area contributed by atoms with Crippen LogP contribution in [-0.2, 0) is 14.9 Å². The molecule has 0 fully saturated rings. The van der Waals surface area contributed by atoms with Gasteiger partial charge < -0.3 is 10.2 Å². The Bertz CT molecular complexity index is 1180. The third-order valence-electron chi connectivity index (χ3n) is 4.33. The summed E-state index contributed by atoms with van der Waals surface area (Å²) < 4.78 is 33.9.